The minimum atomic E-state index is -0.862. The minimum Gasteiger partial charge on any atom is -0.293 e. The highest BCUT2D eigenvalue weighted by atomic mass is 16.2. The lowest BCUT2D eigenvalue weighted by molar-refractivity contribution is -0.784. The Morgan fingerprint density at radius 3 is 2.00 bits per heavy atom. The predicted molar refractivity (Wildman–Crippen MR) is 68.0 cm³/mol. The number of hydrogen-bond acceptors (Lipinski definition) is 2. The number of carbonyl (C=O) groups excluding carboxylic acids is 2. The molecule has 0 N–H and O–H groups in total. The summed E-state index contributed by atoms with van der Waals surface area (Å²) < 4.78 is 0.224. The van der Waals surface area contributed by atoms with Gasteiger partial charge in [-0.1, -0.05) is 27.7 Å². The van der Waals surface area contributed by atoms with Crippen molar-refractivity contribution in [1.29, 1.82) is 0 Å². The first-order valence-corrected chi connectivity index (χ1v) is 6.37. The summed E-state index contributed by atoms with van der Waals surface area (Å²) in [5.74, 6) is 0.0574. The maximum atomic E-state index is 12.8. The molecule has 17 heavy (non-hydrogen) atoms. The van der Waals surface area contributed by atoms with Crippen LogP contribution in [0.25, 0.3) is 0 Å². The van der Waals surface area contributed by atoms with Crippen LogP contribution >= 0.6 is 0 Å². The Kier molecular flexibility index (Phi) is 3.63. The largest absolute Gasteiger partial charge is 0.332 e. The third kappa shape index (κ3) is 1.77. The number of ketones is 1. The molecule has 0 saturated carbocycles. The Bertz CT molecular complexity index is 360. The molecule has 0 saturated heterocycles. The smallest absolute Gasteiger partial charge is 0.293 e. The van der Waals surface area contributed by atoms with Gasteiger partial charge in [-0.3, -0.25) is 4.79 Å². The van der Waals surface area contributed by atoms with E-state index in [1.807, 2.05) is 41.7 Å². The maximum absolute atomic E-state index is 12.8. The molecule has 0 aliphatic carbocycles. The summed E-state index contributed by atoms with van der Waals surface area (Å²) in [4.78, 5) is 25.1. The molecule has 0 aromatic carbocycles. The summed E-state index contributed by atoms with van der Waals surface area (Å²) in [6.45, 7) is 10.5. The molecule has 3 heteroatoms. The van der Waals surface area contributed by atoms with Crippen LogP contribution in [-0.2, 0) is 9.59 Å². The van der Waals surface area contributed by atoms with E-state index >= 15 is 0 Å². The monoisotopic (exact) mass is 238 g/mol. The fourth-order valence-corrected chi connectivity index (χ4v) is 2.94. The molecule has 1 atom stereocenters. The summed E-state index contributed by atoms with van der Waals surface area (Å²) in [5.41, 5.74) is -0.862. The first-order chi connectivity index (χ1) is 7.73. The van der Waals surface area contributed by atoms with Crippen LogP contribution in [-0.4, -0.2) is 29.8 Å². The highest BCUT2D eigenvalue weighted by Gasteiger charge is 2.59. The van der Waals surface area contributed by atoms with Gasteiger partial charge in [0.15, 0.2) is 11.2 Å². The molecule has 96 valence electrons. The van der Waals surface area contributed by atoms with E-state index in [-0.39, 0.29) is 28.0 Å². The van der Waals surface area contributed by atoms with Gasteiger partial charge in [-0.25, -0.2) is 9.28 Å². The number of allylic oxidation sites excluding steroid dienone is 1. The number of rotatable bonds is 3. The quantitative estimate of drug-likeness (QED) is 0.559. The minimum absolute atomic E-state index is 0.0245. The summed E-state index contributed by atoms with van der Waals surface area (Å²) in [5, 5.41) is 0. The number of carbonyl (C=O) groups is 2. The van der Waals surface area contributed by atoms with Crippen LogP contribution in [0, 0.1) is 17.3 Å². The molecular formula is C14H24NO2+. The van der Waals surface area contributed by atoms with E-state index in [0.29, 0.717) is 6.54 Å². The third-order valence-corrected chi connectivity index (χ3v) is 4.26. The lowest BCUT2D eigenvalue weighted by atomic mass is 9.63. The average molecular weight is 238 g/mol. The Morgan fingerprint density at radius 1 is 1.18 bits per heavy atom. The standard InChI is InChI=1S/C14H24NO2/c1-7-15(6)9-8-12(16)14(10(2)3,11(4)5)13(15)17/h8-11H,7H2,1-6H3/q+1. The molecule has 0 aromatic heterocycles. The van der Waals surface area contributed by atoms with Crippen LogP contribution in [0.5, 0.6) is 0 Å². The summed E-state index contributed by atoms with van der Waals surface area (Å²) >= 11 is 0. The SMILES string of the molecule is CC[N+]1(C)C=CC(=O)C(C(C)C)(C(C)C)C1=O. The number of amides is 1. The van der Waals surface area contributed by atoms with Gasteiger partial charge in [-0.15, -0.1) is 0 Å². The normalized spacial score (nSPS) is 28.2. The van der Waals surface area contributed by atoms with Crippen molar-refractivity contribution < 1.29 is 14.1 Å². The van der Waals surface area contributed by atoms with Crippen LogP contribution in [0.15, 0.2) is 12.3 Å². The van der Waals surface area contributed by atoms with Gasteiger partial charge >= 0.3 is 5.91 Å². The van der Waals surface area contributed by atoms with Gasteiger partial charge in [0.1, 0.15) is 6.20 Å². The van der Waals surface area contributed by atoms with Crippen molar-refractivity contribution in [2.24, 2.45) is 17.3 Å². The zero-order valence-electron chi connectivity index (χ0n) is 11.8. The van der Waals surface area contributed by atoms with Gasteiger partial charge in [-0.05, 0) is 18.8 Å². The van der Waals surface area contributed by atoms with E-state index in [4.69, 9.17) is 0 Å². The zero-order valence-corrected chi connectivity index (χ0v) is 11.8. The molecule has 0 spiro atoms. The van der Waals surface area contributed by atoms with Crippen molar-refractivity contribution in [2.45, 2.75) is 34.6 Å². The van der Waals surface area contributed by atoms with Gasteiger partial charge in [-0.2, -0.15) is 0 Å². The van der Waals surface area contributed by atoms with Crippen molar-refractivity contribution in [1.82, 2.24) is 0 Å². The van der Waals surface area contributed by atoms with Gasteiger partial charge in [0.05, 0.1) is 13.6 Å². The summed E-state index contributed by atoms with van der Waals surface area (Å²) in [6.07, 6.45) is 3.33. The molecule has 1 rings (SSSR count). The molecule has 1 heterocycles. The highest BCUT2D eigenvalue weighted by Crippen LogP contribution is 2.43. The van der Waals surface area contributed by atoms with E-state index in [1.165, 1.54) is 0 Å². The van der Waals surface area contributed by atoms with Crippen LogP contribution < -0.4 is 0 Å². The molecular weight excluding hydrogens is 214 g/mol. The lowest BCUT2D eigenvalue weighted by Gasteiger charge is -2.44. The molecule has 1 aliphatic heterocycles. The van der Waals surface area contributed by atoms with Crippen LogP contribution in [0.2, 0.25) is 0 Å². The van der Waals surface area contributed by atoms with Gasteiger partial charge < -0.3 is 0 Å². The van der Waals surface area contributed by atoms with Crippen molar-refractivity contribution in [3.8, 4) is 0 Å². The average Bonchev–Trinajstić information content (AvgIpc) is 2.24. The summed E-state index contributed by atoms with van der Waals surface area (Å²) in [7, 11) is 1.88. The Labute approximate surface area is 104 Å². The Balaban J connectivity index is 3.45. The second-order valence-electron chi connectivity index (χ2n) is 5.75. The first-order valence-electron chi connectivity index (χ1n) is 6.37. The van der Waals surface area contributed by atoms with Crippen LogP contribution in [0.3, 0.4) is 0 Å². The molecule has 0 radical (unpaired) electrons. The molecule has 0 fully saturated rings. The van der Waals surface area contributed by atoms with Crippen LogP contribution in [0.1, 0.15) is 34.6 Å². The second kappa shape index (κ2) is 4.37. The van der Waals surface area contributed by atoms with Crippen LogP contribution in [0.4, 0.5) is 0 Å². The van der Waals surface area contributed by atoms with Crippen molar-refractivity contribution in [3.63, 3.8) is 0 Å². The van der Waals surface area contributed by atoms with E-state index in [9.17, 15) is 9.59 Å². The van der Waals surface area contributed by atoms with Crippen molar-refractivity contribution in [2.75, 3.05) is 13.6 Å². The van der Waals surface area contributed by atoms with Crippen molar-refractivity contribution in [3.05, 3.63) is 12.3 Å². The molecule has 1 aliphatic rings. The van der Waals surface area contributed by atoms with Crippen molar-refractivity contribution >= 4 is 11.7 Å². The zero-order chi connectivity index (χ0) is 13.4. The van der Waals surface area contributed by atoms with E-state index < -0.39 is 5.41 Å². The van der Waals surface area contributed by atoms with E-state index in [2.05, 4.69) is 0 Å². The third-order valence-electron chi connectivity index (χ3n) is 4.26. The van der Waals surface area contributed by atoms with Gasteiger partial charge in [0, 0.05) is 6.08 Å². The molecule has 0 aromatic rings. The molecule has 1 unspecified atom stereocenters. The number of hydrogen-bond donors (Lipinski definition) is 0. The molecule has 3 nitrogen and oxygen atoms in total. The predicted octanol–water partition coefficient (Wildman–Crippen LogP) is 2.37. The second-order valence-corrected chi connectivity index (χ2v) is 5.75. The first kappa shape index (κ1) is 14.1. The highest BCUT2D eigenvalue weighted by molar-refractivity contribution is 6.11. The summed E-state index contributed by atoms with van der Waals surface area (Å²) in [6, 6.07) is 0. The Morgan fingerprint density at radius 2 is 1.65 bits per heavy atom. The topological polar surface area (TPSA) is 34.1 Å². The van der Waals surface area contributed by atoms with Gasteiger partial charge in [0.25, 0.3) is 0 Å². The maximum Gasteiger partial charge on any atom is 0.332 e. The fraction of sp³-hybridized carbons (Fsp3) is 0.714. The Hall–Kier alpha value is -0.960. The lowest BCUT2D eigenvalue weighted by Crippen LogP contribution is -2.62. The van der Waals surface area contributed by atoms with E-state index in [1.54, 1.807) is 12.3 Å². The van der Waals surface area contributed by atoms with E-state index in [0.717, 1.165) is 0 Å². The number of quaternary nitrogens is 1. The molecule has 0 bridgehead atoms. The number of nitrogens with zero attached hydrogens (tertiary/aromatic N) is 1. The van der Waals surface area contributed by atoms with Gasteiger partial charge in [0.2, 0.25) is 0 Å². The fourth-order valence-electron chi connectivity index (χ4n) is 2.94. The molecule has 1 amide bonds.